The maximum absolute atomic E-state index is 9.12. The lowest BCUT2D eigenvalue weighted by atomic mass is 10.00. The molecular weight excluding hydrogens is 166 g/mol. The minimum absolute atomic E-state index is 0.256. The van der Waals surface area contributed by atoms with Gasteiger partial charge in [0.05, 0.1) is 18.3 Å². The molecule has 1 heterocycles. The summed E-state index contributed by atoms with van der Waals surface area (Å²) in [6.45, 7) is 6.70. The Bertz CT molecular complexity index is 140. The van der Waals surface area contributed by atoms with Crippen LogP contribution >= 0.6 is 0 Å². The Morgan fingerprint density at radius 2 is 1.92 bits per heavy atom. The van der Waals surface area contributed by atoms with Gasteiger partial charge in [-0.1, -0.05) is 0 Å². The van der Waals surface area contributed by atoms with Gasteiger partial charge in [-0.25, -0.2) is 0 Å². The summed E-state index contributed by atoms with van der Waals surface area (Å²) >= 11 is 0. The average molecular weight is 187 g/mol. The molecule has 1 aliphatic heterocycles. The van der Waals surface area contributed by atoms with Gasteiger partial charge >= 0.3 is 0 Å². The van der Waals surface area contributed by atoms with Gasteiger partial charge in [0.1, 0.15) is 0 Å². The normalized spacial score (nSPS) is 37.4. The Morgan fingerprint density at radius 3 is 2.38 bits per heavy atom. The van der Waals surface area contributed by atoms with Gasteiger partial charge in [-0.3, -0.25) is 0 Å². The lowest BCUT2D eigenvalue weighted by Gasteiger charge is -2.32. The fourth-order valence-electron chi connectivity index (χ4n) is 1.91. The van der Waals surface area contributed by atoms with E-state index in [0.717, 1.165) is 12.8 Å². The van der Waals surface area contributed by atoms with Crippen molar-refractivity contribution in [2.45, 2.75) is 58.0 Å². The molecule has 0 spiro atoms. The first kappa shape index (κ1) is 11.0. The molecule has 2 unspecified atom stereocenters. The minimum Gasteiger partial charge on any atom is -0.392 e. The van der Waals surface area contributed by atoms with Crippen LogP contribution in [0.5, 0.6) is 0 Å². The first-order valence-corrected chi connectivity index (χ1v) is 5.15. The van der Waals surface area contributed by atoms with E-state index in [1.807, 2.05) is 0 Å². The highest BCUT2D eigenvalue weighted by atomic mass is 16.5. The zero-order valence-electron chi connectivity index (χ0n) is 8.79. The molecule has 3 nitrogen and oxygen atoms in total. The van der Waals surface area contributed by atoms with E-state index in [0.29, 0.717) is 24.8 Å². The Hall–Kier alpha value is -0.120. The summed E-state index contributed by atoms with van der Waals surface area (Å²) in [5, 5.41) is 12.5. The van der Waals surface area contributed by atoms with Crippen LogP contribution in [0.4, 0.5) is 0 Å². The third kappa shape index (κ3) is 4.07. The van der Waals surface area contributed by atoms with E-state index in [4.69, 9.17) is 9.84 Å². The molecule has 2 N–H and O–H groups in total. The Labute approximate surface area is 80.5 Å². The van der Waals surface area contributed by atoms with Gasteiger partial charge in [0, 0.05) is 12.6 Å². The Balaban J connectivity index is 2.25. The van der Waals surface area contributed by atoms with Crippen LogP contribution in [0.1, 0.15) is 33.6 Å². The van der Waals surface area contributed by atoms with Crippen molar-refractivity contribution >= 4 is 0 Å². The van der Waals surface area contributed by atoms with Crippen LogP contribution in [-0.4, -0.2) is 36.0 Å². The van der Waals surface area contributed by atoms with Crippen molar-refractivity contribution in [2.24, 2.45) is 0 Å². The van der Waals surface area contributed by atoms with Crippen LogP contribution in [0.15, 0.2) is 0 Å². The van der Waals surface area contributed by atoms with E-state index in [2.05, 4.69) is 19.2 Å². The SMILES string of the molecule is CC1CC(NC[C@@H](C)O)CC(C)O1. The van der Waals surface area contributed by atoms with Crippen molar-refractivity contribution in [3.63, 3.8) is 0 Å². The maximum Gasteiger partial charge on any atom is 0.0636 e. The molecule has 1 saturated heterocycles. The molecule has 1 rings (SSSR count). The number of ether oxygens (including phenoxy) is 1. The van der Waals surface area contributed by atoms with Crippen LogP contribution < -0.4 is 5.32 Å². The number of aliphatic hydroxyl groups excluding tert-OH is 1. The van der Waals surface area contributed by atoms with Gasteiger partial charge in [-0.2, -0.15) is 0 Å². The summed E-state index contributed by atoms with van der Waals surface area (Å²) in [5.74, 6) is 0. The predicted molar refractivity (Wildman–Crippen MR) is 52.7 cm³/mol. The standard InChI is InChI=1S/C10H21NO2/c1-7(12)6-11-10-4-8(2)13-9(3)5-10/h7-12H,4-6H2,1-3H3/t7-,8?,9?,10?/m1/s1. The van der Waals surface area contributed by atoms with E-state index in [-0.39, 0.29) is 6.10 Å². The monoisotopic (exact) mass is 187 g/mol. The molecule has 0 aromatic carbocycles. The summed E-state index contributed by atoms with van der Waals surface area (Å²) in [5.41, 5.74) is 0. The van der Waals surface area contributed by atoms with Crippen molar-refractivity contribution in [3.8, 4) is 0 Å². The lowest BCUT2D eigenvalue weighted by Crippen LogP contribution is -2.43. The van der Waals surface area contributed by atoms with Gasteiger partial charge in [-0.05, 0) is 33.6 Å². The summed E-state index contributed by atoms with van der Waals surface area (Å²) in [4.78, 5) is 0. The van der Waals surface area contributed by atoms with Gasteiger partial charge in [0.25, 0.3) is 0 Å². The molecule has 0 aliphatic carbocycles. The number of hydrogen-bond donors (Lipinski definition) is 2. The largest absolute Gasteiger partial charge is 0.392 e. The molecule has 3 heteroatoms. The summed E-state index contributed by atoms with van der Waals surface area (Å²) < 4.78 is 5.62. The van der Waals surface area contributed by atoms with Crippen molar-refractivity contribution in [2.75, 3.05) is 6.54 Å². The van der Waals surface area contributed by atoms with Crippen LogP contribution in [0, 0.1) is 0 Å². The van der Waals surface area contributed by atoms with E-state index in [1.54, 1.807) is 6.92 Å². The van der Waals surface area contributed by atoms with Crippen molar-refractivity contribution in [3.05, 3.63) is 0 Å². The maximum atomic E-state index is 9.12. The molecule has 0 radical (unpaired) electrons. The zero-order chi connectivity index (χ0) is 9.84. The molecule has 78 valence electrons. The van der Waals surface area contributed by atoms with Crippen LogP contribution in [-0.2, 0) is 4.74 Å². The van der Waals surface area contributed by atoms with E-state index < -0.39 is 0 Å². The molecular formula is C10H21NO2. The van der Waals surface area contributed by atoms with Gasteiger partial charge in [-0.15, -0.1) is 0 Å². The quantitative estimate of drug-likeness (QED) is 0.690. The Kier molecular flexibility index (Phi) is 4.16. The first-order chi connectivity index (χ1) is 6.08. The fourth-order valence-corrected chi connectivity index (χ4v) is 1.91. The topological polar surface area (TPSA) is 41.5 Å². The third-order valence-corrected chi connectivity index (χ3v) is 2.40. The number of rotatable bonds is 3. The van der Waals surface area contributed by atoms with Gasteiger partial charge in [0.15, 0.2) is 0 Å². The highest BCUT2D eigenvalue weighted by Gasteiger charge is 2.23. The average Bonchev–Trinajstić information content (AvgIpc) is 1.99. The van der Waals surface area contributed by atoms with Gasteiger partial charge in [0.2, 0.25) is 0 Å². The van der Waals surface area contributed by atoms with Crippen LogP contribution in [0.3, 0.4) is 0 Å². The molecule has 13 heavy (non-hydrogen) atoms. The Morgan fingerprint density at radius 1 is 1.38 bits per heavy atom. The number of nitrogens with one attached hydrogen (secondary N) is 1. The highest BCUT2D eigenvalue weighted by Crippen LogP contribution is 2.18. The minimum atomic E-state index is -0.256. The first-order valence-electron chi connectivity index (χ1n) is 5.15. The van der Waals surface area contributed by atoms with Crippen LogP contribution in [0.25, 0.3) is 0 Å². The third-order valence-electron chi connectivity index (χ3n) is 2.40. The summed E-state index contributed by atoms with van der Waals surface area (Å²) in [6.07, 6.45) is 2.53. The molecule has 0 saturated carbocycles. The van der Waals surface area contributed by atoms with E-state index in [1.165, 1.54) is 0 Å². The number of aliphatic hydroxyl groups is 1. The summed E-state index contributed by atoms with van der Waals surface area (Å²) in [6, 6.07) is 0.508. The smallest absolute Gasteiger partial charge is 0.0636 e. The van der Waals surface area contributed by atoms with Crippen molar-refractivity contribution < 1.29 is 9.84 Å². The van der Waals surface area contributed by atoms with Gasteiger partial charge < -0.3 is 15.2 Å². The summed E-state index contributed by atoms with van der Waals surface area (Å²) in [7, 11) is 0. The number of hydrogen-bond acceptors (Lipinski definition) is 3. The van der Waals surface area contributed by atoms with Crippen LogP contribution in [0.2, 0.25) is 0 Å². The zero-order valence-corrected chi connectivity index (χ0v) is 8.79. The molecule has 0 bridgehead atoms. The molecule has 3 atom stereocenters. The second-order valence-electron chi connectivity index (χ2n) is 4.18. The van der Waals surface area contributed by atoms with Crippen molar-refractivity contribution in [1.29, 1.82) is 0 Å². The lowest BCUT2D eigenvalue weighted by molar-refractivity contribution is -0.0431. The van der Waals surface area contributed by atoms with E-state index >= 15 is 0 Å². The second kappa shape index (κ2) is 4.94. The van der Waals surface area contributed by atoms with Crippen molar-refractivity contribution in [1.82, 2.24) is 5.32 Å². The molecule has 0 aromatic rings. The molecule has 1 fully saturated rings. The molecule has 0 amide bonds. The van der Waals surface area contributed by atoms with E-state index in [9.17, 15) is 0 Å². The second-order valence-corrected chi connectivity index (χ2v) is 4.18. The predicted octanol–water partition coefficient (Wildman–Crippen LogP) is 0.913. The molecule has 0 aromatic heterocycles. The molecule has 1 aliphatic rings. The highest BCUT2D eigenvalue weighted by molar-refractivity contribution is 4.78. The fraction of sp³-hybridized carbons (Fsp3) is 1.00.